The molecule has 0 bridgehead atoms. The summed E-state index contributed by atoms with van der Waals surface area (Å²) in [6.07, 6.45) is 0. The summed E-state index contributed by atoms with van der Waals surface area (Å²) in [6.45, 7) is 6.07. The lowest BCUT2D eigenvalue weighted by molar-refractivity contribution is 0.270. The Kier molecular flexibility index (Phi) is 10.4. The first-order valence-electron chi connectivity index (χ1n) is 8.10. The Morgan fingerprint density at radius 1 is 1.31 bits per heavy atom. The van der Waals surface area contributed by atoms with Gasteiger partial charge in [-0.05, 0) is 32.9 Å². The molecule has 0 saturated heterocycles. The summed E-state index contributed by atoms with van der Waals surface area (Å²) in [7, 11) is 0.236. The Labute approximate surface area is 173 Å². The first-order chi connectivity index (χ1) is 11.6. The van der Waals surface area contributed by atoms with Gasteiger partial charge < -0.3 is 15.0 Å². The zero-order valence-corrected chi connectivity index (χ0v) is 19.1. The van der Waals surface area contributed by atoms with Gasteiger partial charge in [0.05, 0.1) is 17.0 Å². The second kappa shape index (κ2) is 10.9. The number of rotatable bonds is 7. The van der Waals surface area contributed by atoms with Crippen molar-refractivity contribution in [3.63, 3.8) is 0 Å². The molecule has 0 atom stereocenters. The van der Waals surface area contributed by atoms with Crippen molar-refractivity contribution >= 4 is 39.8 Å². The lowest BCUT2D eigenvalue weighted by atomic mass is 10.3. The van der Waals surface area contributed by atoms with Gasteiger partial charge in [0.25, 0.3) is 0 Å². The number of hydrogen-bond donors (Lipinski definition) is 1. The molecule has 0 heterocycles. The van der Waals surface area contributed by atoms with Crippen molar-refractivity contribution in [2.75, 3.05) is 39.5 Å². The van der Waals surface area contributed by atoms with Crippen molar-refractivity contribution in [2.45, 2.75) is 25.5 Å². The molecule has 0 saturated carbocycles. The van der Waals surface area contributed by atoms with Gasteiger partial charge in [0.15, 0.2) is 27.4 Å². The van der Waals surface area contributed by atoms with Crippen molar-refractivity contribution < 1.29 is 17.5 Å². The Morgan fingerprint density at radius 2 is 1.92 bits per heavy atom. The fourth-order valence-corrected chi connectivity index (χ4v) is 2.93. The highest BCUT2D eigenvalue weighted by Gasteiger charge is 2.28. The molecule has 1 N–H and O–H groups in total. The minimum Gasteiger partial charge on any atom is -0.489 e. The van der Waals surface area contributed by atoms with Crippen LogP contribution in [0, 0.1) is 5.82 Å². The molecule has 1 aromatic carbocycles. The number of sulfone groups is 1. The van der Waals surface area contributed by atoms with E-state index in [-0.39, 0.29) is 48.6 Å². The highest BCUT2D eigenvalue weighted by atomic mass is 127. The van der Waals surface area contributed by atoms with E-state index in [2.05, 4.69) is 10.3 Å². The summed E-state index contributed by atoms with van der Waals surface area (Å²) in [5, 5.41) is 3.02. The van der Waals surface area contributed by atoms with E-state index < -0.39 is 20.4 Å². The minimum atomic E-state index is -3.19. The first kappa shape index (κ1) is 24.9. The van der Waals surface area contributed by atoms with Crippen LogP contribution in [0.5, 0.6) is 5.75 Å². The molecule has 0 aliphatic heterocycles. The van der Waals surface area contributed by atoms with Gasteiger partial charge in [-0.3, -0.25) is 4.99 Å². The number of ether oxygens (including phenoxy) is 1. The molecule has 26 heavy (non-hydrogen) atoms. The summed E-state index contributed by atoms with van der Waals surface area (Å²) in [5.74, 6) is 0.381. The number of hydrogen-bond acceptors (Lipinski definition) is 4. The van der Waals surface area contributed by atoms with Gasteiger partial charge in [-0.25, -0.2) is 12.8 Å². The summed E-state index contributed by atoms with van der Waals surface area (Å²) in [6, 6.07) is 6.22. The van der Waals surface area contributed by atoms with Crippen molar-refractivity contribution in [3.8, 4) is 5.75 Å². The molecule has 0 aromatic heterocycles. The molecular formula is C17H29FIN3O3S. The van der Waals surface area contributed by atoms with E-state index >= 15 is 0 Å². The van der Waals surface area contributed by atoms with E-state index in [1.807, 2.05) is 0 Å². The van der Waals surface area contributed by atoms with Crippen molar-refractivity contribution in [2.24, 2.45) is 4.99 Å². The predicted octanol–water partition coefficient (Wildman–Crippen LogP) is 2.54. The van der Waals surface area contributed by atoms with Crippen LogP contribution >= 0.6 is 24.0 Å². The van der Waals surface area contributed by atoms with Crippen molar-refractivity contribution in [3.05, 3.63) is 30.1 Å². The maximum Gasteiger partial charge on any atom is 0.193 e. The zero-order chi connectivity index (χ0) is 19.1. The van der Waals surface area contributed by atoms with E-state index in [0.717, 1.165) is 0 Å². The Balaban J connectivity index is 0.00000625. The number of nitrogens with zero attached hydrogens (tertiary/aromatic N) is 2. The van der Waals surface area contributed by atoms with Gasteiger partial charge in [0.2, 0.25) is 0 Å². The van der Waals surface area contributed by atoms with Gasteiger partial charge in [-0.15, -0.1) is 24.0 Å². The van der Waals surface area contributed by atoms with E-state index in [1.165, 1.54) is 6.07 Å². The normalized spacial score (nSPS) is 12.3. The molecule has 0 radical (unpaired) electrons. The maximum absolute atomic E-state index is 13.5. The zero-order valence-electron chi connectivity index (χ0n) is 16.0. The molecule has 0 unspecified atom stereocenters. The number of nitrogens with one attached hydrogen (secondary N) is 1. The quantitative estimate of drug-likeness (QED) is 0.354. The van der Waals surface area contributed by atoms with Crippen LogP contribution in [0.25, 0.3) is 0 Å². The van der Waals surface area contributed by atoms with Crippen LogP contribution in [0.4, 0.5) is 4.39 Å². The van der Waals surface area contributed by atoms with Gasteiger partial charge in [-0.2, -0.15) is 0 Å². The number of halogens is 2. The summed E-state index contributed by atoms with van der Waals surface area (Å²) in [4.78, 5) is 5.92. The Morgan fingerprint density at radius 3 is 2.46 bits per heavy atom. The van der Waals surface area contributed by atoms with Crippen LogP contribution in [-0.4, -0.2) is 63.6 Å². The fraction of sp³-hybridized carbons (Fsp3) is 0.588. The third-order valence-corrected chi connectivity index (χ3v) is 6.29. The summed E-state index contributed by atoms with van der Waals surface area (Å²) < 4.78 is 42.3. The topological polar surface area (TPSA) is 71.0 Å². The highest BCUT2D eigenvalue weighted by molar-refractivity contribution is 14.0. The lowest BCUT2D eigenvalue weighted by Gasteiger charge is -2.23. The molecule has 6 nitrogen and oxygen atoms in total. The summed E-state index contributed by atoms with van der Waals surface area (Å²) >= 11 is 0. The number of benzene rings is 1. The number of guanidine groups is 1. The van der Waals surface area contributed by atoms with Crippen LogP contribution in [0.2, 0.25) is 0 Å². The monoisotopic (exact) mass is 501 g/mol. The SMILES string of the molecule is CN=C(NCCS(=O)(=O)C(C)(C)C)N(C)CCOc1ccccc1F.I. The smallest absolute Gasteiger partial charge is 0.193 e. The molecule has 1 rings (SSSR count). The second-order valence-electron chi connectivity index (χ2n) is 6.61. The number of para-hydroxylation sites is 1. The molecule has 9 heteroatoms. The van der Waals surface area contributed by atoms with E-state index in [4.69, 9.17) is 4.74 Å². The largest absolute Gasteiger partial charge is 0.489 e. The molecule has 1 aromatic rings. The third-order valence-electron chi connectivity index (χ3n) is 3.68. The highest BCUT2D eigenvalue weighted by Crippen LogP contribution is 2.16. The van der Waals surface area contributed by atoms with Crippen LogP contribution in [0.15, 0.2) is 29.3 Å². The second-order valence-corrected chi connectivity index (χ2v) is 9.47. The fourth-order valence-electron chi connectivity index (χ4n) is 1.95. The van der Waals surface area contributed by atoms with E-state index in [1.54, 1.807) is 58.0 Å². The van der Waals surface area contributed by atoms with Crippen LogP contribution in [0.3, 0.4) is 0 Å². The molecule has 0 amide bonds. The number of likely N-dealkylation sites (N-methyl/N-ethyl adjacent to an activating group) is 1. The third kappa shape index (κ3) is 7.65. The average Bonchev–Trinajstić information content (AvgIpc) is 2.52. The first-order valence-corrected chi connectivity index (χ1v) is 9.75. The molecule has 0 fully saturated rings. The minimum absolute atomic E-state index is 0. The predicted molar refractivity (Wildman–Crippen MR) is 115 cm³/mol. The van der Waals surface area contributed by atoms with Crippen molar-refractivity contribution in [1.82, 2.24) is 10.2 Å². The molecule has 0 spiro atoms. The van der Waals surface area contributed by atoms with Crippen LogP contribution in [-0.2, 0) is 9.84 Å². The number of aliphatic imine (C=N–C) groups is 1. The van der Waals surface area contributed by atoms with Gasteiger partial charge in [-0.1, -0.05) is 12.1 Å². The van der Waals surface area contributed by atoms with Crippen LogP contribution < -0.4 is 10.1 Å². The van der Waals surface area contributed by atoms with Crippen LogP contribution in [0.1, 0.15) is 20.8 Å². The van der Waals surface area contributed by atoms with Gasteiger partial charge >= 0.3 is 0 Å². The Hall–Kier alpha value is -1.10. The molecule has 150 valence electrons. The van der Waals surface area contributed by atoms with Crippen molar-refractivity contribution in [1.29, 1.82) is 0 Å². The Bertz CT molecular complexity index is 691. The van der Waals surface area contributed by atoms with E-state index in [9.17, 15) is 12.8 Å². The molecule has 0 aliphatic carbocycles. The average molecular weight is 501 g/mol. The molecule has 0 aliphatic rings. The van der Waals surface area contributed by atoms with Gasteiger partial charge in [0, 0.05) is 20.6 Å². The standard InChI is InChI=1S/C17H28FN3O3S.HI/c1-17(2,3)25(22,23)13-10-20-16(19-4)21(5)11-12-24-15-9-7-6-8-14(15)18;/h6-9H,10-13H2,1-5H3,(H,19,20);1H. The lowest BCUT2D eigenvalue weighted by Crippen LogP contribution is -2.43. The maximum atomic E-state index is 13.5. The molecular weight excluding hydrogens is 472 g/mol. The van der Waals surface area contributed by atoms with E-state index in [0.29, 0.717) is 12.5 Å². The summed E-state index contributed by atoms with van der Waals surface area (Å²) in [5.41, 5.74) is 0. The van der Waals surface area contributed by atoms with Gasteiger partial charge in [0.1, 0.15) is 6.61 Å².